The summed E-state index contributed by atoms with van der Waals surface area (Å²) in [6.45, 7) is 2.35. The van der Waals surface area contributed by atoms with E-state index in [-0.39, 0.29) is 11.4 Å². The van der Waals surface area contributed by atoms with Gasteiger partial charge in [-0.05, 0) is 32.3 Å². The third-order valence-electron chi connectivity index (χ3n) is 3.15. The fourth-order valence-corrected chi connectivity index (χ4v) is 1.89. The van der Waals surface area contributed by atoms with Crippen LogP contribution in [0.15, 0.2) is 16.7 Å². The smallest absolute Gasteiger partial charge is 0.287 e. The molecule has 1 fully saturated rings. The highest BCUT2D eigenvalue weighted by molar-refractivity contribution is 5.93. The minimum atomic E-state index is -0.184. The molecule has 1 saturated carbocycles. The molecule has 15 heavy (non-hydrogen) atoms. The van der Waals surface area contributed by atoms with Gasteiger partial charge in [0.15, 0.2) is 5.76 Å². The second-order valence-electron chi connectivity index (χ2n) is 4.22. The molecule has 4 heteroatoms. The standard InChI is InChI=1S/C11H16N2O2/c1-8-3-6-15-9(8)10(14)13-11(7-12)4-2-5-11/h3,6H,2,4-5,7,12H2,1H3,(H,13,14). The molecule has 0 aliphatic heterocycles. The van der Waals surface area contributed by atoms with Crippen LogP contribution in [0, 0.1) is 6.92 Å². The Balaban J connectivity index is 2.07. The number of rotatable bonds is 3. The summed E-state index contributed by atoms with van der Waals surface area (Å²) in [4.78, 5) is 11.8. The molecule has 1 aromatic rings. The van der Waals surface area contributed by atoms with Crippen LogP contribution in [0.25, 0.3) is 0 Å². The van der Waals surface area contributed by atoms with Crippen LogP contribution in [0.2, 0.25) is 0 Å². The van der Waals surface area contributed by atoms with Crippen molar-refractivity contribution in [2.45, 2.75) is 31.7 Å². The third kappa shape index (κ3) is 1.77. The predicted molar refractivity (Wildman–Crippen MR) is 56.5 cm³/mol. The Bertz CT molecular complexity index is 361. The van der Waals surface area contributed by atoms with Gasteiger partial charge in [0.05, 0.1) is 11.8 Å². The number of nitrogens with two attached hydrogens (primary N) is 1. The van der Waals surface area contributed by atoms with Crippen molar-refractivity contribution in [3.63, 3.8) is 0 Å². The Morgan fingerprint density at radius 3 is 2.80 bits per heavy atom. The molecular weight excluding hydrogens is 192 g/mol. The number of hydrogen-bond donors (Lipinski definition) is 2. The third-order valence-corrected chi connectivity index (χ3v) is 3.15. The lowest BCUT2D eigenvalue weighted by Gasteiger charge is -2.41. The number of amides is 1. The van der Waals surface area contributed by atoms with Gasteiger partial charge in [-0.15, -0.1) is 0 Å². The van der Waals surface area contributed by atoms with E-state index < -0.39 is 0 Å². The quantitative estimate of drug-likeness (QED) is 0.784. The zero-order valence-electron chi connectivity index (χ0n) is 8.88. The lowest BCUT2D eigenvalue weighted by atomic mass is 9.76. The van der Waals surface area contributed by atoms with E-state index in [1.54, 1.807) is 6.07 Å². The zero-order valence-corrected chi connectivity index (χ0v) is 8.88. The molecule has 4 nitrogen and oxygen atoms in total. The van der Waals surface area contributed by atoms with E-state index in [0.29, 0.717) is 12.3 Å². The molecule has 0 spiro atoms. The molecule has 0 aromatic carbocycles. The Hall–Kier alpha value is -1.29. The van der Waals surface area contributed by atoms with Crippen molar-refractivity contribution in [3.05, 3.63) is 23.7 Å². The largest absolute Gasteiger partial charge is 0.459 e. The lowest BCUT2D eigenvalue weighted by Crippen LogP contribution is -2.58. The molecule has 3 N–H and O–H groups in total. The molecule has 1 aliphatic rings. The number of furan rings is 1. The van der Waals surface area contributed by atoms with Gasteiger partial charge in [-0.1, -0.05) is 0 Å². The molecule has 82 valence electrons. The summed E-state index contributed by atoms with van der Waals surface area (Å²) in [6, 6.07) is 1.78. The molecule has 2 rings (SSSR count). The maximum absolute atomic E-state index is 11.8. The SMILES string of the molecule is Cc1ccoc1C(=O)NC1(CN)CCC1. The molecule has 1 heterocycles. The molecule has 1 aromatic heterocycles. The summed E-state index contributed by atoms with van der Waals surface area (Å²) in [7, 11) is 0. The van der Waals surface area contributed by atoms with E-state index >= 15 is 0 Å². The van der Waals surface area contributed by atoms with E-state index in [1.807, 2.05) is 6.92 Å². The van der Waals surface area contributed by atoms with Gasteiger partial charge in [0.25, 0.3) is 5.91 Å². The summed E-state index contributed by atoms with van der Waals surface area (Å²) in [5, 5.41) is 2.97. The first-order chi connectivity index (χ1) is 7.17. The van der Waals surface area contributed by atoms with Crippen molar-refractivity contribution in [1.82, 2.24) is 5.32 Å². The summed E-state index contributed by atoms with van der Waals surface area (Å²) >= 11 is 0. The van der Waals surface area contributed by atoms with Crippen LogP contribution >= 0.6 is 0 Å². The van der Waals surface area contributed by atoms with Crippen molar-refractivity contribution < 1.29 is 9.21 Å². The van der Waals surface area contributed by atoms with Crippen molar-refractivity contribution in [2.24, 2.45) is 5.73 Å². The van der Waals surface area contributed by atoms with Crippen LogP contribution in [0.4, 0.5) is 0 Å². The van der Waals surface area contributed by atoms with Crippen LogP contribution in [-0.4, -0.2) is 18.0 Å². The number of hydrogen-bond acceptors (Lipinski definition) is 3. The molecule has 1 amide bonds. The van der Waals surface area contributed by atoms with E-state index in [4.69, 9.17) is 10.2 Å². The minimum Gasteiger partial charge on any atom is -0.459 e. The van der Waals surface area contributed by atoms with Crippen molar-refractivity contribution in [3.8, 4) is 0 Å². The predicted octanol–water partition coefficient (Wildman–Crippen LogP) is 1.20. The topological polar surface area (TPSA) is 68.3 Å². The highest BCUT2D eigenvalue weighted by Gasteiger charge is 2.37. The Morgan fingerprint density at radius 1 is 1.67 bits per heavy atom. The van der Waals surface area contributed by atoms with Gasteiger partial charge in [-0.25, -0.2) is 0 Å². The summed E-state index contributed by atoms with van der Waals surface area (Å²) < 4.78 is 5.13. The van der Waals surface area contributed by atoms with E-state index in [9.17, 15) is 4.79 Å². The van der Waals surface area contributed by atoms with Crippen LogP contribution in [0.1, 0.15) is 35.4 Å². The second-order valence-corrected chi connectivity index (χ2v) is 4.22. The van der Waals surface area contributed by atoms with Crippen molar-refractivity contribution in [2.75, 3.05) is 6.54 Å². The average molecular weight is 208 g/mol. The molecular formula is C11H16N2O2. The van der Waals surface area contributed by atoms with Crippen LogP contribution in [0.3, 0.4) is 0 Å². The first-order valence-corrected chi connectivity index (χ1v) is 5.23. The number of nitrogens with one attached hydrogen (secondary N) is 1. The van der Waals surface area contributed by atoms with Crippen LogP contribution in [-0.2, 0) is 0 Å². The Morgan fingerprint density at radius 2 is 2.40 bits per heavy atom. The summed E-state index contributed by atoms with van der Waals surface area (Å²) in [6.07, 6.45) is 4.60. The van der Waals surface area contributed by atoms with E-state index in [2.05, 4.69) is 5.32 Å². The number of aryl methyl sites for hydroxylation is 1. The number of carbonyl (C=O) groups excluding carboxylic acids is 1. The van der Waals surface area contributed by atoms with Crippen LogP contribution in [0.5, 0.6) is 0 Å². The van der Waals surface area contributed by atoms with Crippen LogP contribution < -0.4 is 11.1 Å². The van der Waals surface area contributed by atoms with Gasteiger partial charge < -0.3 is 15.5 Å². The van der Waals surface area contributed by atoms with Gasteiger partial charge in [0, 0.05) is 12.1 Å². The maximum atomic E-state index is 11.8. The fourth-order valence-electron chi connectivity index (χ4n) is 1.89. The van der Waals surface area contributed by atoms with Gasteiger partial charge in [0.2, 0.25) is 0 Å². The molecule has 1 aliphatic carbocycles. The molecule has 0 bridgehead atoms. The molecule has 0 saturated heterocycles. The van der Waals surface area contributed by atoms with E-state index in [0.717, 1.165) is 24.8 Å². The zero-order chi connectivity index (χ0) is 10.9. The second kappa shape index (κ2) is 3.70. The van der Waals surface area contributed by atoms with Gasteiger partial charge in [-0.3, -0.25) is 4.79 Å². The lowest BCUT2D eigenvalue weighted by molar-refractivity contribution is 0.0808. The average Bonchev–Trinajstić information content (AvgIpc) is 2.58. The fraction of sp³-hybridized carbons (Fsp3) is 0.545. The Kier molecular flexibility index (Phi) is 2.52. The summed E-state index contributed by atoms with van der Waals surface area (Å²) in [5.74, 6) is 0.248. The molecule has 0 radical (unpaired) electrons. The summed E-state index contributed by atoms with van der Waals surface area (Å²) in [5.41, 5.74) is 6.34. The molecule has 0 unspecified atom stereocenters. The van der Waals surface area contributed by atoms with Gasteiger partial charge in [0.1, 0.15) is 0 Å². The van der Waals surface area contributed by atoms with E-state index in [1.165, 1.54) is 6.26 Å². The minimum absolute atomic E-state index is 0.150. The first-order valence-electron chi connectivity index (χ1n) is 5.23. The number of carbonyl (C=O) groups is 1. The van der Waals surface area contributed by atoms with Crippen molar-refractivity contribution in [1.29, 1.82) is 0 Å². The first kappa shape index (κ1) is 10.2. The maximum Gasteiger partial charge on any atom is 0.287 e. The normalized spacial score (nSPS) is 18.3. The highest BCUT2D eigenvalue weighted by Crippen LogP contribution is 2.31. The molecule has 0 atom stereocenters. The monoisotopic (exact) mass is 208 g/mol. The van der Waals surface area contributed by atoms with Gasteiger partial charge in [-0.2, -0.15) is 0 Å². The van der Waals surface area contributed by atoms with Gasteiger partial charge >= 0.3 is 0 Å². The van der Waals surface area contributed by atoms with Crippen molar-refractivity contribution >= 4 is 5.91 Å². The Labute approximate surface area is 88.8 Å². The highest BCUT2D eigenvalue weighted by atomic mass is 16.3.